The zero-order valence-electron chi connectivity index (χ0n) is 21.2. The van der Waals surface area contributed by atoms with Crippen LogP contribution < -0.4 is 10.1 Å². The third-order valence-electron chi connectivity index (χ3n) is 6.46. The SMILES string of the molecule is COc1nc(NCC2[C@H](C)CC(F)(F)CN2C(=O)c2nn(C)cc2-c2ccc(C)cc2)ncc1C(F)(F)F. The average Bonchev–Trinajstić information content (AvgIpc) is 3.23. The van der Waals surface area contributed by atoms with Gasteiger partial charge in [0, 0.05) is 38.0 Å². The van der Waals surface area contributed by atoms with Crippen molar-refractivity contribution in [1.29, 1.82) is 0 Å². The number of hydrogen-bond donors (Lipinski definition) is 1. The Morgan fingerprint density at radius 2 is 1.92 bits per heavy atom. The van der Waals surface area contributed by atoms with Crippen molar-refractivity contribution in [3.63, 3.8) is 0 Å². The maximum absolute atomic E-state index is 14.7. The van der Waals surface area contributed by atoms with Crippen LogP contribution >= 0.6 is 0 Å². The zero-order valence-corrected chi connectivity index (χ0v) is 21.2. The molecule has 0 saturated carbocycles. The second kappa shape index (κ2) is 10.2. The molecule has 0 bridgehead atoms. The van der Waals surface area contributed by atoms with Crippen LogP contribution in [0.5, 0.6) is 5.88 Å². The molecular weight excluding hydrogens is 511 g/mol. The molecule has 1 unspecified atom stereocenters. The lowest BCUT2D eigenvalue weighted by molar-refractivity contribution is -0.139. The van der Waals surface area contributed by atoms with E-state index >= 15 is 0 Å². The number of anilines is 1. The van der Waals surface area contributed by atoms with Gasteiger partial charge < -0.3 is 15.0 Å². The van der Waals surface area contributed by atoms with Crippen LogP contribution in [0.25, 0.3) is 11.1 Å². The Kier molecular flexibility index (Phi) is 7.31. The Balaban J connectivity index is 1.63. The molecule has 1 aliphatic heterocycles. The minimum atomic E-state index is -4.71. The number of benzene rings is 1. The molecule has 1 N–H and O–H groups in total. The molecule has 2 aromatic heterocycles. The van der Waals surface area contributed by atoms with Crippen molar-refractivity contribution in [2.45, 2.75) is 38.4 Å². The van der Waals surface area contributed by atoms with Gasteiger partial charge in [-0.15, -0.1) is 0 Å². The number of aryl methyl sites for hydroxylation is 2. The Labute approximate surface area is 215 Å². The van der Waals surface area contributed by atoms with Crippen molar-refractivity contribution >= 4 is 11.9 Å². The lowest BCUT2D eigenvalue weighted by atomic mass is 9.88. The third kappa shape index (κ3) is 5.70. The van der Waals surface area contributed by atoms with Gasteiger partial charge >= 0.3 is 6.18 Å². The molecule has 1 aromatic carbocycles. The normalized spacial score (nSPS) is 19.3. The number of carbonyl (C=O) groups excluding carboxylic acids is 1. The number of hydrogen-bond acceptors (Lipinski definition) is 6. The lowest BCUT2D eigenvalue weighted by Crippen LogP contribution is -2.57. The summed E-state index contributed by atoms with van der Waals surface area (Å²) in [6.45, 7) is 2.60. The lowest BCUT2D eigenvalue weighted by Gasteiger charge is -2.43. The maximum Gasteiger partial charge on any atom is 0.423 e. The van der Waals surface area contributed by atoms with Gasteiger partial charge in [-0.2, -0.15) is 23.3 Å². The first-order valence-corrected chi connectivity index (χ1v) is 11.8. The van der Waals surface area contributed by atoms with Crippen molar-refractivity contribution in [3.05, 3.63) is 53.5 Å². The van der Waals surface area contributed by atoms with E-state index in [1.807, 2.05) is 31.2 Å². The fourth-order valence-electron chi connectivity index (χ4n) is 4.60. The van der Waals surface area contributed by atoms with E-state index in [2.05, 4.69) is 20.4 Å². The molecule has 0 aliphatic carbocycles. The van der Waals surface area contributed by atoms with Crippen molar-refractivity contribution in [2.75, 3.05) is 25.5 Å². The number of amides is 1. The smallest absolute Gasteiger partial charge is 0.423 e. The molecule has 38 heavy (non-hydrogen) atoms. The van der Waals surface area contributed by atoms with Crippen LogP contribution in [0.1, 0.15) is 35.0 Å². The second-order valence-electron chi connectivity index (χ2n) is 9.46. The quantitative estimate of drug-likeness (QED) is 0.454. The topological polar surface area (TPSA) is 85.2 Å². The van der Waals surface area contributed by atoms with Gasteiger partial charge in [-0.3, -0.25) is 9.48 Å². The number of nitrogens with zero attached hydrogens (tertiary/aromatic N) is 5. The molecule has 0 spiro atoms. The number of rotatable bonds is 6. The molecule has 3 heterocycles. The summed E-state index contributed by atoms with van der Waals surface area (Å²) in [6.07, 6.45) is -2.95. The van der Waals surface area contributed by atoms with E-state index in [-0.39, 0.29) is 18.2 Å². The number of halogens is 5. The molecule has 4 rings (SSSR count). The van der Waals surface area contributed by atoms with Gasteiger partial charge in [0.2, 0.25) is 11.8 Å². The summed E-state index contributed by atoms with van der Waals surface area (Å²) in [5.41, 5.74) is 1.11. The molecule has 1 saturated heterocycles. The average molecular weight is 539 g/mol. The van der Waals surface area contributed by atoms with Crippen LogP contribution in [-0.2, 0) is 13.2 Å². The number of methoxy groups -OCH3 is 1. The summed E-state index contributed by atoms with van der Waals surface area (Å²) >= 11 is 0. The monoisotopic (exact) mass is 538 g/mol. The Morgan fingerprint density at radius 3 is 2.55 bits per heavy atom. The van der Waals surface area contributed by atoms with E-state index in [9.17, 15) is 26.7 Å². The third-order valence-corrected chi connectivity index (χ3v) is 6.46. The summed E-state index contributed by atoms with van der Waals surface area (Å²) < 4.78 is 74.9. The van der Waals surface area contributed by atoms with Gasteiger partial charge in [0.15, 0.2) is 5.69 Å². The van der Waals surface area contributed by atoms with Crippen LogP contribution in [0.15, 0.2) is 36.7 Å². The fraction of sp³-hybridized carbons (Fsp3) is 0.440. The molecule has 204 valence electrons. The van der Waals surface area contributed by atoms with Crippen LogP contribution in [0.4, 0.5) is 27.9 Å². The molecule has 8 nitrogen and oxygen atoms in total. The van der Waals surface area contributed by atoms with Crippen LogP contribution in [0.2, 0.25) is 0 Å². The van der Waals surface area contributed by atoms with E-state index in [0.717, 1.165) is 17.6 Å². The number of aromatic nitrogens is 4. The first kappa shape index (κ1) is 27.3. The van der Waals surface area contributed by atoms with E-state index in [4.69, 9.17) is 4.74 Å². The molecular formula is C25H27F5N6O2. The minimum Gasteiger partial charge on any atom is -0.480 e. The fourth-order valence-corrected chi connectivity index (χ4v) is 4.60. The molecule has 13 heteroatoms. The summed E-state index contributed by atoms with van der Waals surface area (Å²) in [6, 6.07) is 6.65. The molecule has 0 radical (unpaired) electrons. The van der Waals surface area contributed by atoms with Gasteiger partial charge in [0.25, 0.3) is 11.8 Å². The highest BCUT2D eigenvalue weighted by atomic mass is 19.4. The Morgan fingerprint density at radius 1 is 1.24 bits per heavy atom. The molecule has 2 atom stereocenters. The highest BCUT2D eigenvalue weighted by molar-refractivity contribution is 5.99. The predicted molar refractivity (Wildman–Crippen MR) is 129 cm³/mol. The Bertz CT molecular complexity index is 1310. The summed E-state index contributed by atoms with van der Waals surface area (Å²) in [5.74, 6) is -5.33. The van der Waals surface area contributed by atoms with Crippen molar-refractivity contribution in [3.8, 4) is 17.0 Å². The Hall–Kier alpha value is -3.77. The van der Waals surface area contributed by atoms with E-state index in [1.54, 1.807) is 20.2 Å². The van der Waals surface area contributed by atoms with Gasteiger partial charge in [-0.25, -0.2) is 13.8 Å². The number of ether oxygens (including phenoxy) is 1. The zero-order chi connectivity index (χ0) is 27.8. The largest absolute Gasteiger partial charge is 0.480 e. The number of piperidine rings is 1. The maximum atomic E-state index is 14.7. The van der Waals surface area contributed by atoms with E-state index < -0.39 is 54.4 Å². The summed E-state index contributed by atoms with van der Waals surface area (Å²) in [7, 11) is 2.68. The molecule has 1 amide bonds. The van der Waals surface area contributed by atoms with Gasteiger partial charge in [-0.1, -0.05) is 36.8 Å². The number of likely N-dealkylation sites (tertiary alicyclic amines) is 1. The van der Waals surface area contributed by atoms with E-state index in [0.29, 0.717) is 17.3 Å². The van der Waals surface area contributed by atoms with Gasteiger partial charge in [-0.05, 0) is 18.4 Å². The highest BCUT2D eigenvalue weighted by Gasteiger charge is 2.47. The minimum absolute atomic E-state index is 0.0266. The standard InChI is InChI=1S/C25H27F5N6O2/c1-14-5-7-16(8-6-14)17-12-35(3)34-20(17)22(37)36-13-24(26,27)9-15(2)19(36)11-32-23-31-10-18(25(28,29)30)21(33-23)38-4/h5-8,10,12,15,19H,9,11,13H2,1-4H3,(H,31,32,33)/t15-,19?/m1/s1. The predicted octanol–water partition coefficient (Wildman–Crippen LogP) is 4.81. The summed E-state index contributed by atoms with van der Waals surface area (Å²) in [5, 5.41) is 7.06. The number of nitrogens with one attached hydrogen (secondary N) is 1. The van der Waals surface area contributed by atoms with Crippen molar-refractivity contribution < 1.29 is 31.5 Å². The van der Waals surface area contributed by atoms with Crippen molar-refractivity contribution in [2.24, 2.45) is 13.0 Å². The second-order valence-corrected chi connectivity index (χ2v) is 9.46. The number of alkyl halides is 5. The van der Waals surface area contributed by atoms with Gasteiger partial charge in [0.05, 0.1) is 19.7 Å². The van der Waals surface area contributed by atoms with Crippen LogP contribution in [0.3, 0.4) is 0 Å². The summed E-state index contributed by atoms with van der Waals surface area (Å²) in [4.78, 5) is 22.2. The molecule has 1 aliphatic rings. The first-order chi connectivity index (χ1) is 17.8. The van der Waals surface area contributed by atoms with Crippen molar-refractivity contribution in [1.82, 2.24) is 24.6 Å². The molecule has 1 fully saturated rings. The number of carbonyl (C=O) groups is 1. The first-order valence-electron chi connectivity index (χ1n) is 11.8. The van der Waals surface area contributed by atoms with Gasteiger partial charge in [0.1, 0.15) is 5.56 Å². The van der Waals surface area contributed by atoms with Crippen LogP contribution in [0, 0.1) is 12.8 Å². The molecule has 3 aromatic rings. The highest BCUT2D eigenvalue weighted by Crippen LogP contribution is 2.37. The van der Waals surface area contributed by atoms with Crippen LogP contribution in [-0.4, -0.2) is 62.7 Å². The van der Waals surface area contributed by atoms with E-state index in [1.165, 1.54) is 4.68 Å².